The maximum absolute atomic E-state index is 11.4. The highest BCUT2D eigenvalue weighted by atomic mass is 16.5. The van der Waals surface area contributed by atoms with E-state index in [4.69, 9.17) is 4.42 Å². The van der Waals surface area contributed by atoms with Gasteiger partial charge in [-0.3, -0.25) is 9.69 Å². The van der Waals surface area contributed by atoms with Gasteiger partial charge in [0.05, 0.1) is 32.4 Å². The quantitative estimate of drug-likeness (QED) is 0.687. The molecule has 1 saturated heterocycles. The minimum atomic E-state index is -0.721. The first kappa shape index (κ1) is 10.6. The molecule has 1 amide bonds. The number of oxazole rings is 1. The van der Waals surface area contributed by atoms with Crippen LogP contribution < -0.4 is 4.90 Å². The number of aromatic nitrogens is 1. The molecule has 1 aromatic heterocycles. The van der Waals surface area contributed by atoms with Gasteiger partial charge < -0.3 is 14.3 Å². The van der Waals surface area contributed by atoms with Crippen molar-refractivity contribution in [2.24, 2.45) is 0 Å². The zero-order valence-corrected chi connectivity index (χ0v) is 8.54. The summed E-state index contributed by atoms with van der Waals surface area (Å²) in [6.45, 7) is 0.125. The number of aliphatic hydroxyl groups excluding tert-OH is 1. The number of hydrogen-bond acceptors (Lipinski definition) is 6. The molecular weight excluding hydrogens is 216 g/mol. The van der Waals surface area contributed by atoms with Crippen molar-refractivity contribution in [2.45, 2.75) is 12.5 Å². The van der Waals surface area contributed by atoms with Crippen molar-refractivity contribution < 1.29 is 23.8 Å². The van der Waals surface area contributed by atoms with Crippen molar-refractivity contribution in [1.82, 2.24) is 4.98 Å². The smallest absolute Gasteiger partial charge is 0.375 e. The summed E-state index contributed by atoms with van der Waals surface area (Å²) < 4.78 is 9.48. The summed E-state index contributed by atoms with van der Waals surface area (Å²) in [5.41, 5.74) is 0. The van der Waals surface area contributed by atoms with Crippen molar-refractivity contribution >= 4 is 17.9 Å². The summed E-state index contributed by atoms with van der Waals surface area (Å²) in [5, 5.41) is 9.27. The number of rotatable bonds is 2. The zero-order chi connectivity index (χ0) is 11.7. The maximum Gasteiger partial charge on any atom is 0.375 e. The summed E-state index contributed by atoms with van der Waals surface area (Å²) in [6, 6.07) is 0.00181. The van der Waals surface area contributed by atoms with Crippen molar-refractivity contribution in [3.05, 3.63) is 12.0 Å². The lowest BCUT2D eigenvalue weighted by atomic mass is 10.3. The first-order valence-electron chi connectivity index (χ1n) is 4.64. The SMILES string of the molecule is COC(=O)c1cnc(N2CC(O)CC2=O)o1. The Morgan fingerprint density at radius 2 is 2.50 bits per heavy atom. The Kier molecular flexibility index (Phi) is 2.61. The first-order valence-corrected chi connectivity index (χ1v) is 4.64. The van der Waals surface area contributed by atoms with Gasteiger partial charge in [0, 0.05) is 0 Å². The number of anilines is 1. The number of β-amino-alcohol motifs (C(OH)–C–C–N with tert-alkyl or cyclic N) is 1. The molecule has 1 aliphatic heterocycles. The van der Waals surface area contributed by atoms with Gasteiger partial charge in [-0.05, 0) is 0 Å². The summed E-state index contributed by atoms with van der Waals surface area (Å²) in [7, 11) is 1.22. The van der Waals surface area contributed by atoms with Crippen molar-refractivity contribution in [2.75, 3.05) is 18.6 Å². The average Bonchev–Trinajstić information content (AvgIpc) is 2.83. The van der Waals surface area contributed by atoms with Crippen LogP contribution in [0.3, 0.4) is 0 Å². The highest BCUT2D eigenvalue weighted by molar-refractivity contribution is 5.94. The molecule has 2 heterocycles. The van der Waals surface area contributed by atoms with Gasteiger partial charge in [-0.1, -0.05) is 0 Å². The maximum atomic E-state index is 11.4. The molecule has 7 heteroatoms. The number of methoxy groups -OCH3 is 1. The Bertz CT molecular complexity index is 427. The molecule has 0 spiro atoms. The van der Waals surface area contributed by atoms with Crippen LogP contribution >= 0.6 is 0 Å². The molecular formula is C9H10N2O5. The predicted octanol–water partition coefficient (Wildman–Crippen LogP) is -0.441. The molecule has 1 unspecified atom stereocenters. The van der Waals surface area contributed by atoms with E-state index in [1.165, 1.54) is 18.2 Å². The fourth-order valence-electron chi connectivity index (χ4n) is 1.46. The molecule has 1 fully saturated rings. The Morgan fingerprint density at radius 1 is 1.75 bits per heavy atom. The van der Waals surface area contributed by atoms with E-state index >= 15 is 0 Å². The van der Waals surface area contributed by atoms with Crippen LogP contribution in [0.4, 0.5) is 6.01 Å². The van der Waals surface area contributed by atoms with Crippen LogP contribution in [-0.2, 0) is 9.53 Å². The summed E-state index contributed by atoms with van der Waals surface area (Å²) in [6.07, 6.45) is 0.496. The van der Waals surface area contributed by atoms with E-state index in [0.29, 0.717) is 0 Å². The highest BCUT2D eigenvalue weighted by Gasteiger charge is 2.32. The monoisotopic (exact) mass is 226 g/mol. The van der Waals surface area contributed by atoms with E-state index in [0.717, 1.165) is 0 Å². The van der Waals surface area contributed by atoms with Crippen LogP contribution in [0.2, 0.25) is 0 Å². The normalized spacial score (nSPS) is 20.2. The average molecular weight is 226 g/mol. The predicted molar refractivity (Wildman–Crippen MR) is 50.8 cm³/mol. The molecule has 1 aliphatic rings. The number of ether oxygens (including phenoxy) is 1. The van der Waals surface area contributed by atoms with Gasteiger partial charge in [0.1, 0.15) is 0 Å². The molecule has 0 saturated carbocycles. The number of aliphatic hydroxyl groups is 1. The largest absolute Gasteiger partial charge is 0.463 e. The van der Waals surface area contributed by atoms with Gasteiger partial charge in [0.25, 0.3) is 0 Å². The van der Waals surface area contributed by atoms with Gasteiger partial charge in [-0.2, -0.15) is 0 Å². The topological polar surface area (TPSA) is 92.9 Å². The van der Waals surface area contributed by atoms with Gasteiger partial charge in [-0.15, -0.1) is 0 Å². The van der Waals surface area contributed by atoms with E-state index in [1.54, 1.807) is 0 Å². The Balaban J connectivity index is 2.19. The molecule has 0 radical (unpaired) electrons. The second kappa shape index (κ2) is 3.93. The highest BCUT2D eigenvalue weighted by Crippen LogP contribution is 2.21. The van der Waals surface area contributed by atoms with E-state index < -0.39 is 12.1 Å². The second-order valence-corrected chi connectivity index (χ2v) is 3.36. The molecule has 0 aromatic carbocycles. The van der Waals surface area contributed by atoms with E-state index in [1.807, 2.05) is 0 Å². The van der Waals surface area contributed by atoms with Crippen molar-refractivity contribution in [3.8, 4) is 0 Å². The standard InChI is InChI=1S/C9H10N2O5/c1-15-8(14)6-3-10-9(16-6)11-4-5(12)2-7(11)13/h3,5,12H,2,4H2,1H3. The Labute approximate surface area is 90.6 Å². The Hall–Kier alpha value is -1.89. The van der Waals surface area contributed by atoms with Gasteiger partial charge in [0.15, 0.2) is 0 Å². The van der Waals surface area contributed by atoms with Crippen molar-refractivity contribution in [3.63, 3.8) is 0 Å². The minimum absolute atomic E-state index is 0.00181. The van der Waals surface area contributed by atoms with E-state index in [2.05, 4.69) is 9.72 Å². The number of carbonyl (C=O) groups excluding carboxylic acids is 2. The number of amides is 1. The van der Waals surface area contributed by atoms with E-state index in [-0.39, 0.29) is 30.6 Å². The van der Waals surface area contributed by atoms with Gasteiger partial charge in [0.2, 0.25) is 11.7 Å². The molecule has 86 valence electrons. The molecule has 7 nitrogen and oxygen atoms in total. The number of carbonyl (C=O) groups is 2. The summed E-state index contributed by atoms with van der Waals surface area (Å²) >= 11 is 0. The third kappa shape index (κ3) is 1.76. The number of esters is 1. The lowest BCUT2D eigenvalue weighted by molar-refractivity contribution is -0.117. The fraction of sp³-hybridized carbons (Fsp3) is 0.444. The molecule has 16 heavy (non-hydrogen) atoms. The van der Waals surface area contributed by atoms with Crippen molar-refractivity contribution in [1.29, 1.82) is 0 Å². The van der Waals surface area contributed by atoms with Crippen LogP contribution in [0.5, 0.6) is 0 Å². The minimum Gasteiger partial charge on any atom is -0.463 e. The fourth-order valence-corrected chi connectivity index (χ4v) is 1.46. The summed E-state index contributed by atoms with van der Waals surface area (Å²) in [5.74, 6) is -1.02. The zero-order valence-electron chi connectivity index (χ0n) is 8.54. The van der Waals surface area contributed by atoms with Crippen LogP contribution in [0.15, 0.2) is 10.6 Å². The molecule has 1 aromatic rings. The first-order chi connectivity index (χ1) is 7.61. The third-order valence-corrected chi connectivity index (χ3v) is 2.22. The molecule has 1 atom stereocenters. The third-order valence-electron chi connectivity index (χ3n) is 2.22. The molecule has 1 N–H and O–H groups in total. The number of hydrogen-bond donors (Lipinski definition) is 1. The van der Waals surface area contributed by atoms with E-state index in [9.17, 15) is 14.7 Å². The summed E-state index contributed by atoms with van der Waals surface area (Å²) in [4.78, 5) is 27.4. The van der Waals surface area contributed by atoms with Crippen LogP contribution in [0, 0.1) is 0 Å². The second-order valence-electron chi connectivity index (χ2n) is 3.36. The van der Waals surface area contributed by atoms with Gasteiger partial charge in [-0.25, -0.2) is 9.78 Å². The molecule has 0 aliphatic carbocycles. The van der Waals surface area contributed by atoms with Crippen LogP contribution in [-0.4, -0.2) is 41.7 Å². The molecule has 0 bridgehead atoms. The lowest BCUT2D eigenvalue weighted by Crippen LogP contribution is -2.25. The molecule has 2 rings (SSSR count). The number of nitrogens with zero attached hydrogens (tertiary/aromatic N) is 2. The Morgan fingerprint density at radius 3 is 3.06 bits per heavy atom. The van der Waals surface area contributed by atoms with Crippen LogP contribution in [0.25, 0.3) is 0 Å². The lowest BCUT2D eigenvalue weighted by Gasteiger charge is -2.09. The van der Waals surface area contributed by atoms with Gasteiger partial charge >= 0.3 is 12.0 Å². The van der Waals surface area contributed by atoms with Crippen LogP contribution in [0.1, 0.15) is 17.0 Å².